The van der Waals surface area contributed by atoms with Gasteiger partial charge in [0.15, 0.2) is 0 Å². The van der Waals surface area contributed by atoms with E-state index in [0.29, 0.717) is 22.3 Å². The summed E-state index contributed by atoms with van der Waals surface area (Å²) >= 11 is 0. The lowest BCUT2D eigenvalue weighted by Crippen LogP contribution is -2.03. The second-order valence-corrected chi connectivity index (χ2v) is 8.17. The Hall–Kier alpha value is -4.64. The summed E-state index contributed by atoms with van der Waals surface area (Å²) < 4.78 is 11.1. The first-order valence-corrected chi connectivity index (χ1v) is 10.9. The first-order chi connectivity index (χ1) is 16.6. The van der Waals surface area contributed by atoms with Crippen LogP contribution in [0.25, 0.3) is 55.0 Å². The minimum absolute atomic E-state index is 0.422. The van der Waals surface area contributed by atoms with Crippen LogP contribution in [0.3, 0.4) is 0 Å². The van der Waals surface area contributed by atoms with Crippen LogP contribution in [-0.2, 0) is 0 Å². The molecule has 0 atom stereocenters. The lowest BCUT2D eigenvalue weighted by atomic mass is 9.94. The summed E-state index contributed by atoms with van der Waals surface area (Å²) in [7, 11) is 1.81. The van der Waals surface area contributed by atoms with Crippen LogP contribution in [0.1, 0.15) is 0 Å². The number of anilines is 1. The minimum atomic E-state index is -0.427. The van der Waals surface area contributed by atoms with Gasteiger partial charge in [-0.05, 0) is 52.2 Å². The second kappa shape index (κ2) is 7.74. The summed E-state index contributed by atoms with van der Waals surface area (Å²) in [6.07, 6.45) is 0. The Balaban J connectivity index is 1.61. The highest BCUT2D eigenvalue weighted by Gasteiger charge is 2.14. The van der Waals surface area contributed by atoms with E-state index in [0.717, 1.165) is 38.4 Å². The molecule has 0 aliphatic heterocycles. The van der Waals surface area contributed by atoms with Gasteiger partial charge in [-0.15, -0.1) is 0 Å². The van der Waals surface area contributed by atoms with Gasteiger partial charge in [0.1, 0.15) is 11.2 Å². The molecule has 0 spiro atoms. The molecule has 6 aromatic rings. The normalized spacial score (nSPS) is 11.3. The maximum Gasteiger partial charge on any atom is 0.344 e. The number of nitrogens with one attached hydrogen (secondary N) is 1. The molecule has 0 radical (unpaired) electrons. The van der Waals surface area contributed by atoms with Gasteiger partial charge < -0.3 is 14.2 Å². The number of benzene rings is 4. The summed E-state index contributed by atoms with van der Waals surface area (Å²) in [5, 5.41) is 6.73. The fraction of sp³-hybridized carbons (Fsp3) is 0.0345. The molecular formula is C29H19NO4. The molecule has 0 unspecified atom stereocenters. The summed E-state index contributed by atoms with van der Waals surface area (Å²) in [4.78, 5) is 25.3. The van der Waals surface area contributed by atoms with E-state index < -0.39 is 11.3 Å². The van der Waals surface area contributed by atoms with Gasteiger partial charge in [0.05, 0.1) is 5.56 Å². The van der Waals surface area contributed by atoms with Gasteiger partial charge >= 0.3 is 11.3 Å². The first kappa shape index (κ1) is 20.0. The van der Waals surface area contributed by atoms with Gasteiger partial charge in [-0.1, -0.05) is 48.5 Å². The second-order valence-electron chi connectivity index (χ2n) is 8.17. The number of fused-ring (bicyclic) bond motifs is 3. The monoisotopic (exact) mass is 445 g/mol. The zero-order valence-corrected chi connectivity index (χ0v) is 18.3. The number of hydrogen-bond acceptors (Lipinski definition) is 5. The van der Waals surface area contributed by atoms with Crippen molar-refractivity contribution < 1.29 is 8.83 Å². The molecule has 34 heavy (non-hydrogen) atoms. The van der Waals surface area contributed by atoms with Gasteiger partial charge in [0.25, 0.3) is 0 Å². The summed E-state index contributed by atoms with van der Waals surface area (Å²) in [5.74, 6) is 0. The minimum Gasteiger partial charge on any atom is -0.423 e. The molecule has 0 aliphatic carbocycles. The average molecular weight is 445 g/mol. The fourth-order valence-corrected chi connectivity index (χ4v) is 4.48. The standard InChI is InChI=1S/C29H19NO4/c1-30-20-11-9-19-14-23(29(32)34-27(19)15-20)18-10-12-26-25(13-18)24(16-28(31)33-26)22-8-4-6-17-5-2-3-7-21(17)22/h2-16,30H,1H3. The van der Waals surface area contributed by atoms with E-state index in [1.165, 1.54) is 6.07 Å². The van der Waals surface area contributed by atoms with Gasteiger partial charge in [0.2, 0.25) is 0 Å². The van der Waals surface area contributed by atoms with Crippen molar-refractivity contribution in [3.63, 3.8) is 0 Å². The van der Waals surface area contributed by atoms with E-state index in [9.17, 15) is 9.59 Å². The molecule has 5 heteroatoms. The molecule has 6 rings (SSSR count). The zero-order valence-electron chi connectivity index (χ0n) is 18.3. The van der Waals surface area contributed by atoms with Gasteiger partial charge in [-0.3, -0.25) is 0 Å². The Labute approximate surface area is 193 Å². The zero-order chi connectivity index (χ0) is 23.2. The molecule has 2 heterocycles. The number of hydrogen-bond donors (Lipinski definition) is 1. The van der Waals surface area contributed by atoms with Gasteiger partial charge in [-0.2, -0.15) is 0 Å². The van der Waals surface area contributed by atoms with Crippen molar-refractivity contribution in [1.29, 1.82) is 0 Å². The van der Waals surface area contributed by atoms with Crippen molar-refractivity contribution in [2.75, 3.05) is 12.4 Å². The summed E-state index contributed by atoms with van der Waals surface area (Å²) in [6.45, 7) is 0. The molecule has 0 bridgehead atoms. The Kier molecular flexibility index (Phi) is 4.56. The highest BCUT2D eigenvalue weighted by atomic mass is 16.4. The van der Waals surface area contributed by atoms with Crippen LogP contribution in [0.4, 0.5) is 5.69 Å². The van der Waals surface area contributed by atoms with Crippen molar-refractivity contribution in [2.45, 2.75) is 0 Å². The van der Waals surface area contributed by atoms with Crippen molar-refractivity contribution in [3.05, 3.63) is 112 Å². The van der Waals surface area contributed by atoms with E-state index in [2.05, 4.69) is 5.32 Å². The highest BCUT2D eigenvalue weighted by molar-refractivity contribution is 6.05. The molecule has 5 nitrogen and oxygen atoms in total. The van der Waals surface area contributed by atoms with E-state index in [1.54, 1.807) is 18.2 Å². The van der Waals surface area contributed by atoms with Crippen LogP contribution in [0, 0.1) is 0 Å². The molecule has 0 fully saturated rings. The Morgan fingerprint density at radius 1 is 0.618 bits per heavy atom. The quantitative estimate of drug-likeness (QED) is 0.318. The van der Waals surface area contributed by atoms with E-state index in [4.69, 9.17) is 8.83 Å². The molecule has 0 saturated heterocycles. The smallest absolute Gasteiger partial charge is 0.344 e. The van der Waals surface area contributed by atoms with E-state index in [-0.39, 0.29) is 0 Å². The molecule has 0 saturated carbocycles. The predicted octanol–water partition coefficient (Wildman–Crippen LogP) is 6.43. The number of rotatable bonds is 3. The van der Waals surface area contributed by atoms with Gasteiger partial charge in [-0.25, -0.2) is 9.59 Å². The van der Waals surface area contributed by atoms with Crippen LogP contribution < -0.4 is 16.6 Å². The van der Waals surface area contributed by atoms with Crippen molar-refractivity contribution in [3.8, 4) is 22.3 Å². The third kappa shape index (κ3) is 3.26. The largest absolute Gasteiger partial charge is 0.423 e. The van der Waals surface area contributed by atoms with Crippen molar-refractivity contribution >= 4 is 38.4 Å². The first-order valence-electron chi connectivity index (χ1n) is 10.9. The van der Waals surface area contributed by atoms with Crippen LogP contribution in [-0.4, -0.2) is 7.05 Å². The average Bonchev–Trinajstić information content (AvgIpc) is 2.87. The highest BCUT2D eigenvalue weighted by Crippen LogP contribution is 2.35. The molecular weight excluding hydrogens is 426 g/mol. The van der Waals surface area contributed by atoms with E-state index >= 15 is 0 Å². The SMILES string of the molecule is CNc1ccc2cc(-c3ccc4oc(=O)cc(-c5cccc6ccccc56)c4c3)c(=O)oc2c1. The molecule has 0 amide bonds. The van der Waals surface area contributed by atoms with Crippen LogP contribution in [0.15, 0.2) is 109 Å². The summed E-state index contributed by atoms with van der Waals surface area (Å²) in [6, 6.07) is 28.4. The van der Waals surface area contributed by atoms with Crippen molar-refractivity contribution in [2.24, 2.45) is 0 Å². The Bertz CT molecular complexity index is 1840. The maximum atomic E-state index is 12.9. The molecule has 164 valence electrons. The van der Waals surface area contributed by atoms with Crippen LogP contribution in [0.5, 0.6) is 0 Å². The van der Waals surface area contributed by atoms with Crippen LogP contribution >= 0.6 is 0 Å². The Morgan fingerprint density at radius 2 is 1.47 bits per heavy atom. The fourth-order valence-electron chi connectivity index (χ4n) is 4.48. The third-order valence-electron chi connectivity index (χ3n) is 6.16. The lowest BCUT2D eigenvalue weighted by molar-refractivity contribution is 0.561. The molecule has 2 aromatic heterocycles. The maximum absolute atomic E-state index is 12.9. The molecule has 0 aliphatic rings. The third-order valence-corrected chi connectivity index (χ3v) is 6.16. The lowest BCUT2D eigenvalue weighted by Gasteiger charge is -2.11. The molecule has 4 aromatic carbocycles. The topological polar surface area (TPSA) is 72.5 Å². The van der Waals surface area contributed by atoms with Crippen molar-refractivity contribution in [1.82, 2.24) is 0 Å². The van der Waals surface area contributed by atoms with Gasteiger partial charge in [0, 0.05) is 41.2 Å². The molecule has 1 N–H and O–H groups in total. The predicted molar refractivity (Wildman–Crippen MR) is 136 cm³/mol. The summed E-state index contributed by atoms with van der Waals surface area (Å²) in [5.41, 5.74) is 3.82. The Morgan fingerprint density at radius 3 is 2.35 bits per heavy atom. The van der Waals surface area contributed by atoms with E-state index in [1.807, 2.05) is 73.8 Å². The van der Waals surface area contributed by atoms with Crippen LogP contribution in [0.2, 0.25) is 0 Å².